The topological polar surface area (TPSA) is 69.7 Å². The maximum absolute atomic E-state index is 4.67. The number of hydrogen-bond donors (Lipinski definition) is 2. The van der Waals surface area contributed by atoms with E-state index < -0.39 is 0 Å². The molecule has 0 amide bonds. The third-order valence-electron chi connectivity index (χ3n) is 5.56. The van der Waals surface area contributed by atoms with E-state index >= 15 is 0 Å². The fraction of sp³-hybridized carbons (Fsp3) is 0.261. The van der Waals surface area contributed by atoms with Gasteiger partial charge in [0.15, 0.2) is 0 Å². The standard InChI is InChI=1S/C23H24N6/c1-15-4-3-5-21(28-15)23-22(26-14-27-23)17-6-7-20-18(8-17)9-19(12-25-20)29(2)13-16-10-24-11-16/h3-9,12,14,16,24H,10-11,13H2,1-2H3,(H,26,27). The van der Waals surface area contributed by atoms with Crippen molar-refractivity contribution >= 4 is 16.6 Å². The monoisotopic (exact) mass is 384 g/mol. The largest absolute Gasteiger partial charge is 0.373 e. The summed E-state index contributed by atoms with van der Waals surface area (Å²) >= 11 is 0. The number of benzene rings is 1. The Kier molecular flexibility index (Phi) is 4.48. The number of aromatic nitrogens is 4. The molecule has 1 aromatic carbocycles. The molecule has 5 rings (SSSR count). The van der Waals surface area contributed by atoms with Crippen molar-refractivity contribution in [1.82, 2.24) is 25.3 Å². The Bertz CT molecular complexity index is 1160. The molecule has 0 aliphatic carbocycles. The lowest BCUT2D eigenvalue weighted by Gasteiger charge is -2.32. The molecule has 146 valence electrons. The van der Waals surface area contributed by atoms with Crippen LogP contribution in [-0.2, 0) is 0 Å². The van der Waals surface area contributed by atoms with Crippen LogP contribution in [0.1, 0.15) is 5.69 Å². The minimum Gasteiger partial charge on any atom is -0.373 e. The van der Waals surface area contributed by atoms with E-state index in [1.807, 2.05) is 31.3 Å². The summed E-state index contributed by atoms with van der Waals surface area (Å²) in [7, 11) is 2.14. The van der Waals surface area contributed by atoms with Gasteiger partial charge in [-0.1, -0.05) is 12.1 Å². The molecule has 0 atom stereocenters. The van der Waals surface area contributed by atoms with Gasteiger partial charge in [0.05, 0.1) is 40.8 Å². The average molecular weight is 384 g/mol. The molecule has 1 aliphatic rings. The van der Waals surface area contributed by atoms with Gasteiger partial charge >= 0.3 is 0 Å². The van der Waals surface area contributed by atoms with Gasteiger partial charge in [-0.15, -0.1) is 0 Å². The van der Waals surface area contributed by atoms with E-state index in [0.717, 1.165) is 70.5 Å². The third-order valence-corrected chi connectivity index (χ3v) is 5.56. The van der Waals surface area contributed by atoms with Crippen LogP contribution in [0.5, 0.6) is 0 Å². The van der Waals surface area contributed by atoms with Crippen molar-refractivity contribution in [3.05, 3.63) is 60.7 Å². The number of pyridine rings is 2. The molecule has 0 bridgehead atoms. The van der Waals surface area contributed by atoms with Gasteiger partial charge in [-0.25, -0.2) is 4.98 Å². The Hall–Kier alpha value is -3.25. The van der Waals surface area contributed by atoms with Crippen LogP contribution in [0.25, 0.3) is 33.5 Å². The zero-order valence-corrected chi connectivity index (χ0v) is 16.7. The molecule has 2 N–H and O–H groups in total. The second-order valence-electron chi connectivity index (χ2n) is 7.80. The lowest BCUT2D eigenvalue weighted by atomic mass is 10.0. The molecule has 6 heteroatoms. The van der Waals surface area contributed by atoms with Gasteiger partial charge < -0.3 is 15.2 Å². The quantitative estimate of drug-likeness (QED) is 0.550. The molecular formula is C23H24N6. The summed E-state index contributed by atoms with van der Waals surface area (Å²) in [5.74, 6) is 0.718. The van der Waals surface area contributed by atoms with Crippen LogP contribution in [0, 0.1) is 12.8 Å². The summed E-state index contributed by atoms with van der Waals surface area (Å²) in [5, 5.41) is 4.45. The second kappa shape index (κ2) is 7.29. The van der Waals surface area contributed by atoms with Gasteiger partial charge in [0.2, 0.25) is 0 Å². The van der Waals surface area contributed by atoms with Crippen molar-refractivity contribution < 1.29 is 0 Å². The number of aromatic amines is 1. The predicted octanol–water partition coefficient (Wildman–Crippen LogP) is 3.65. The third kappa shape index (κ3) is 3.47. The summed E-state index contributed by atoms with van der Waals surface area (Å²) in [6, 6.07) is 14.6. The molecule has 0 radical (unpaired) electrons. The molecule has 4 heterocycles. The molecule has 1 saturated heterocycles. The molecule has 1 aliphatic heterocycles. The minimum absolute atomic E-state index is 0.718. The number of nitrogens with zero attached hydrogens (tertiary/aromatic N) is 4. The molecule has 0 saturated carbocycles. The van der Waals surface area contributed by atoms with Crippen molar-refractivity contribution in [1.29, 1.82) is 0 Å². The number of H-pyrrole nitrogens is 1. The molecular weight excluding hydrogens is 360 g/mol. The van der Waals surface area contributed by atoms with Crippen LogP contribution in [0.15, 0.2) is 55.0 Å². The first kappa shape index (κ1) is 17.8. The van der Waals surface area contributed by atoms with E-state index in [4.69, 9.17) is 0 Å². The van der Waals surface area contributed by atoms with Crippen molar-refractivity contribution in [3.63, 3.8) is 0 Å². The predicted molar refractivity (Wildman–Crippen MR) is 117 cm³/mol. The van der Waals surface area contributed by atoms with E-state index in [-0.39, 0.29) is 0 Å². The second-order valence-corrected chi connectivity index (χ2v) is 7.80. The Morgan fingerprint density at radius 2 is 2.00 bits per heavy atom. The Morgan fingerprint density at radius 3 is 2.79 bits per heavy atom. The number of hydrogen-bond acceptors (Lipinski definition) is 5. The first-order chi connectivity index (χ1) is 14.2. The average Bonchev–Trinajstić information content (AvgIpc) is 3.19. The zero-order chi connectivity index (χ0) is 19.8. The first-order valence-corrected chi connectivity index (χ1v) is 9.97. The Labute approximate surface area is 170 Å². The molecule has 0 spiro atoms. The van der Waals surface area contributed by atoms with E-state index in [1.165, 1.54) is 0 Å². The summed E-state index contributed by atoms with van der Waals surface area (Å²) < 4.78 is 0. The van der Waals surface area contributed by atoms with Gasteiger partial charge in [-0.2, -0.15) is 0 Å². The normalized spacial score (nSPS) is 14.1. The summed E-state index contributed by atoms with van der Waals surface area (Å²) in [6.07, 6.45) is 3.69. The zero-order valence-electron chi connectivity index (χ0n) is 16.7. The molecule has 0 unspecified atom stereocenters. The number of rotatable bonds is 5. The lowest BCUT2D eigenvalue weighted by molar-refractivity contribution is 0.353. The van der Waals surface area contributed by atoms with E-state index in [2.05, 4.69) is 61.5 Å². The van der Waals surface area contributed by atoms with E-state index in [0.29, 0.717) is 0 Å². The maximum atomic E-state index is 4.67. The minimum atomic E-state index is 0.718. The SMILES string of the molecule is Cc1cccc(-c2[nH]cnc2-c2ccc3ncc(N(C)CC4CNC4)cc3c2)n1. The van der Waals surface area contributed by atoms with Crippen molar-refractivity contribution in [2.45, 2.75) is 6.92 Å². The van der Waals surface area contributed by atoms with Crippen LogP contribution in [-0.4, -0.2) is 46.6 Å². The fourth-order valence-corrected chi connectivity index (χ4v) is 3.84. The van der Waals surface area contributed by atoms with Gasteiger partial charge in [-0.05, 0) is 37.3 Å². The molecule has 29 heavy (non-hydrogen) atoms. The Balaban J connectivity index is 1.51. The van der Waals surface area contributed by atoms with E-state index in [9.17, 15) is 0 Å². The van der Waals surface area contributed by atoms with Crippen molar-refractivity contribution in [2.24, 2.45) is 5.92 Å². The van der Waals surface area contributed by atoms with Crippen LogP contribution in [0.2, 0.25) is 0 Å². The van der Waals surface area contributed by atoms with Crippen LogP contribution < -0.4 is 10.2 Å². The van der Waals surface area contributed by atoms with Gasteiger partial charge in [0, 0.05) is 49.2 Å². The number of fused-ring (bicyclic) bond motifs is 1. The smallest absolute Gasteiger partial charge is 0.0977 e. The summed E-state index contributed by atoms with van der Waals surface area (Å²) in [5.41, 5.74) is 6.92. The van der Waals surface area contributed by atoms with Gasteiger partial charge in [0.1, 0.15) is 0 Å². The highest BCUT2D eigenvalue weighted by molar-refractivity contribution is 5.88. The lowest BCUT2D eigenvalue weighted by Crippen LogP contribution is -2.47. The van der Waals surface area contributed by atoms with Crippen LogP contribution >= 0.6 is 0 Å². The first-order valence-electron chi connectivity index (χ1n) is 9.97. The maximum Gasteiger partial charge on any atom is 0.0977 e. The number of nitrogens with one attached hydrogen (secondary N) is 2. The number of imidazole rings is 1. The van der Waals surface area contributed by atoms with Gasteiger partial charge in [0.25, 0.3) is 0 Å². The number of anilines is 1. The molecule has 6 nitrogen and oxygen atoms in total. The summed E-state index contributed by atoms with van der Waals surface area (Å²) in [4.78, 5) is 19.4. The van der Waals surface area contributed by atoms with E-state index in [1.54, 1.807) is 6.33 Å². The van der Waals surface area contributed by atoms with Crippen molar-refractivity contribution in [3.8, 4) is 22.6 Å². The van der Waals surface area contributed by atoms with Crippen molar-refractivity contribution in [2.75, 3.05) is 31.6 Å². The van der Waals surface area contributed by atoms with Gasteiger partial charge in [-0.3, -0.25) is 9.97 Å². The summed E-state index contributed by atoms with van der Waals surface area (Å²) in [6.45, 7) is 5.25. The number of aryl methyl sites for hydroxylation is 1. The Morgan fingerprint density at radius 1 is 1.10 bits per heavy atom. The highest BCUT2D eigenvalue weighted by Gasteiger charge is 2.19. The molecule has 1 fully saturated rings. The molecule has 4 aromatic rings. The highest BCUT2D eigenvalue weighted by Crippen LogP contribution is 2.31. The van der Waals surface area contributed by atoms with Crippen LogP contribution in [0.4, 0.5) is 5.69 Å². The highest BCUT2D eigenvalue weighted by atomic mass is 15.1. The fourth-order valence-electron chi connectivity index (χ4n) is 3.84. The van der Waals surface area contributed by atoms with Crippen LogP contribution in [0.3, 0.4) is 0 Å². The molecule has 3 aromatic heterocycles.